The van der Waals surface area contributed by atoms with Crippen LogP contribution in [-0.2, 0) is 7.05 Å². The predicted octanol–water partition coefficient (Wildman–Crippen LogP) is 0.909. The number of aryl methyl sites for hydroxylation is 1. The van der Waals surface area contributed by atoms with Gasteiger partial charge >= 0.3 is 0 Å². The third kappa shape index (κ3) is 3.40. The van der Waals surface area contributed by atoms with Crippen LogP contribution >= 0.6 is 0 Å². The van der Waals surface area contributed by atoms with Gasteiger partial charge in [-0.25, -0.2) is 9.97 Å². The third-order valence-corrected chi connectivity index (χ3v) is 5.31. The number of aromatic nitrogens is 3. The van der Waals surface area contributed by atoms with Crippen molar-refractivity contribution in [3.8, 4) is 11.3 Å². The fourth-order valence-electron chi connectivity index (χ4n) is 3.62. The van der Waals surface area contributed by atoms with Crippen molar-refractivity contribution in [3.63, 3.8) is 0 Å². The first kappa shape index (κ1) is 18.9. The standard InChI is InChI=1S/C20H22N6O3/c1-25-11-22-16-8-15(13-2-4-14(5-3-13)18(21)24-29)23-19(17(16)20(25)28)26-7-6-12(9-26)10-27/h2-5,8,11-12,27,29H,6-7,9-10H2,1H3,(H2,21,24). The molecule has 3 aromatic rings. The Balaban J connectivity index is 1.86. The Bertz CT molecular complexity index is 1140. The van der Waals surface area contributed by atoms with Gasteiger partial charge in [0, 0.05) is 43.8 Å². The van der Waals surface area contributed by atoms with Crippen LogP contribution in [0.4, 0.5) is 5.82 Å². The first-order valence-electron chi connectivity index (χ1n) is 9.32. The summed E-state index contributed by atoms with van der Waals surface area (Å²) in [7, 11) is 1.67. The molecule has 4 rings (SSSR count). The first-order chi connectivity index (χ1) is 14.0. The quantitative estimate of drug-likeness (QED) is 0.259. The minimum Gasteiger partial charge on any atom is -0.409 e. The molecule has 9 heteroatoms. The maximum Gasteiger partial charge on any atom is 0.264 e. The molecule has 1 fully saturated rings. The van der Waals surface area contributed by atoms with Gasteiger partial charge in [0.2, 0.25) is 0 Å². The van der Waals surface area contributed by atoms with E-state index >= 15 is 0 Å². The number of anilines is 1. The molecule has 9 nitrogen and oxygen atoms in total. The molecule has 0 radical (unpaired) electrons. The van der Waals surface area contributed by atoms with Gasteiger partial charge in [-0.2, -0.15) is 0 Å². The fraction of sp³-hybridized carbons (Fsp3) is 0.300. The van der Waals surface area contributed by atoms with Crippen molar-refractivity contribution in [2.45, 2.75) is 6.42 Å². The summed E-state index contributed by atoms with van der Waals surface area (Å²) in [5, 5.41) is 21.8. The number of pyridine rings is 1. The van der Waals surface area contributed by atoms with Crippen LogP contribution in [0.5, 0.6) is 0 Å². The molecule has 0 bridgehead atoms. The molecule has 29 heavy (non-hydrogen) atoms. The van der Waals surface area contributed by atoms with Gasteiger partial charge in [0.15, 0.2) is 5.84 Å². The Kier molecular flexibility index (Phi) is 4.89. The summed E-state index contributed by atoms with van der Waals surface area (Å²) in [4.78, 5) is 24.1. The van der Waals surface area contributed by atoms with Crippen molar-refractivity contribution < 1.29 is 10.3 Å². The van der Waals surface area contributed by atoms with Gasteiger partial charge in [-0.05, 0) is 12.5 Å². The van der Waals surface area contributed by atoms with E-state index in [1.165, 1.54) is 10.9 Å². The SMILES string of the molecule is Cn1cnc2cc(-c3ccc(C(N)=NO)cc3)nc(N3CCC(CO)C3)c2c1=O. The van der Waals surface area contributed by atoms with Gasteiger partial charge in [0.1, 0.15) is 11.2 Å². The summed E-state index contributed by atoms with van der Waals surface area (Å²) in [6, 6.07) is 8.92. The van der Waals surface area contributed by atoms with Crippen LogP contribution in [0.1, 0.15) is 12.0 Å². The summed E-state index contributed by atoms with van der Waals surface area (Å²) in [6.45, 7) is 1.47. The van der Waals surface area contributed by atoms with Crippen LogP contribution in [-0.4, -0.2) is 50.4 Å². The van der Waals surface area contributed by atoms with E-state index in [1.54, 1.807) is 25.2 Å². The average molecular weight is 394 g/mol. The second-order valence-corrected chi connectivity index (χ2v) is 7.23. The Hall–Kier alpha value is -3.46. The predicted molar refractivity (Wildman–Crippen MR) is 110 cm³/mol. The molecule has 1 saturated heterocycles. The number of nitrogens with two attached hydrogens (primary N) is 1. The van der Waals surface area contributed by atoms with Crippen molar-refractivity contribution in [2.24, 2.45) is 23.9 Å². The van der Waals surface area contributed by atoms with Crippen molar-refractivity contribution in [1.29, 1.82) is 0 Å². The van der Waals surface area contributed by atoms with Crippen molar-refractivity contribution >= 4 is 22.6 Å². The molecule has 1 aliphatic rings. The van der Waals surface area contributed by atoms with Crippen LogP contribution in [0.3, 0.4) is 0 Å². The lowest BCUT2D eigenvalue weighted by atomic mass is 10.1. The zero-order chi connectivity index (χ0) is 20.5. The number of rotatable bonds is 4. The van der Waals surface area contributed by atoms with Crippen LogP contribution in [0.25, 0.3) is 22.2 Å². The molecule has 0 amide bonds. The van der Waals surface area contributed by atoms with Gasteiger partial charge in [0.05, 0.1) is 17.5 Å². The number of oxime groups is 1. The van der Waals surface area contributed by atoms with E-state index in [-0.39, 0.29) is 23.9 Å². The lowest BCUT2D eigenvalue weighted by Gasteiger charge is -2.20. The second-order valence-electron chi connectivity index (χ2n) is 7.23. The molecule has 4 N–H and O–H groups in total. The van der Waals surface area contributed by atoms with Crippen LogP contribution < -0.4 is 16.2 Å². The van der Waals surface area contributed by atoms with Gasteiger partial charge in [-0.15, -0.1) is 0 Å². The number of aliphatic hydroxyl groups is 1. The molecule has 1 unspecified atom stereocenters. The zero-order valence-corrected chi connectivity index (χ0v) is 16.0. The highest BCUT2D eigenvalue weighted by Crippen LogP contribution is 2.30. The normalized spacial score (nSPS) is 17.2. The number of amidine groups is 1. The maximum absolute atomic E-state index is 12.8. The third-order valence-electron chi connectivity index (χ3n) is 5.31. The van der Waals surface area contributed by atoms with Crippen molar-refractivity contribution in [3.05, 3.63) is 52.6 Å². The van der Waals surface area contributed by atoms with Crippen molar-refractivity contribution in [2.75, 3.05) is 24.6 Å². The van der Waals surface area contributed by atoms with Gasteiger partial charge in [-0.3, -0.25) is 4.79 Å². The van der Waals surface area contributed by atoms with Crippen molar-refractivity contribution in [1.82, 2.24) is 14.5 Å². The monoisotopic (exact) mass is 394 g/mol. The number of hydrogen-bond donors (Lipinski definition) is 3. The number of aliphatic hydroxyl groups excluding tert-OH is 1. The summed E-state index contributed by atoms with van der Waals surface area (Å²) in [6.07, 6.45) is 2.35. The molecule has 0 spiro atoms. The van der Waals surface area contributed by atoms with E-state index in [1.807, 2.05) is 17.0 Å². The topological polar surface area (TPSA) is 130 Å². The minimum absolute atomic E-state index is 0.0287. The number of fused-ring (bicyclic) bond motifs is 1. The van der Waals surface area contributed by atoms with E-state index < -0.39 is 0 Å². The van der Waals surface area contributed by atoms with Crippen LogP contribution in [0.2, 0.25) is 0 Å². The van der Waals surface area contributed by atoms with Gasteiger partial charge in [-0.1, -0.05) is 29.4 Å². The number of hydrogen-bond acceptors (Lipinski definition) is 7. The Labute approximate surface area is 166 Å². The number of benzene rings is 1. The molecule has 0 aliphatic carbocycles. The van der Waals surface area contributed by atoms with E-state index in [0.29, 0.717) is 34.5 Å². The average Bonchev–Trinajstić information content (AvgIpc) is 3.24. The molecule has 1 aromatic carbocycles. The van der Waals surface area contributed by atoms with Gasteiger partial charge < -0.3 is 25.5 Å². The number of nitrogens with zero attached hydrogens (tertiary/aromatic N) is 5. The molecular formula is C20H22N6O3. The maximum atomic E-state index is 12.8. The van der Waals surface area contributed by atoms with Crippen LogP contribution in [0, 0.1) is 5.92 Å². The summed E-state index contributed by atoms with van der Waals surface area (Å²) in [5.74, 6) is 0.778. The summed E-state index contributed by atoms with van der Waals surface area (Å²) in [5.41, 5.74) is 8.14. The van der Waals surface area contributed by atoms with Gasteiger partial charge in [0.25, 0.3) is 5.56 Å². The second kappa shape index (κ2) is 7.51. The smallest absolute Gasteiger partial charge is 0.264 e. The molecule has 3 heterocycles. The molecule has 0 saturated carbocycles. The van der Waals surface area contributed by atoms with Crippen LogP contribution in [0.15, 0.2) is 46.6 Å². The first-order valence-corrected chi connectivity index (χ1v) is 9.32. The lowest BCUT2D eigenvalue weighted by molar-refractivity contribution is 0.238. The van der Waals surface area contributed by atoms with E-state index in [4.69, 9.17) is 15.9 Å². The highest BCUT2D eigenvalue weighted by Gasteiger charge is 2.26. The fourth-order valence-corrected chi connectivity index (χ4v) is 3.62. The van der Waals surface area contributed by atoms with E-state index in [9.17, 15) is 9.90 Å². The highest BCUT2D eigenvalue weighted by molar-refractivity contribution is 5.97. The highest BCUT2D eigenvalue weighted by atomic mass is 16.4. The molecule has 1 aliphatic heterocycles. The van der Waals surface area contributed by atoms with E-state index in [2.05, 4.69) is 10.1 Å². The Morgan fingerprint density at radius 3 is 2.76 bits per heavy atom. The largest absolute Gasteiger partial charge is 0.409 e. The summed E-state index contributed by atoms with van der Waals surface area (Å²) >= 11 is 0. The molecule has 150 valence electrons. The minimum atomic E-state index is -0.154. The Morgan fingerprint density at radius 2 is 2.10 bits per heavy atom. The summed E-state index contributed by atoms with van der Waals surface area (Å²) < 4.78 is 1.44. The Morgan fingerprint density at radius 1 is 1.34 bits per heavy atom. The molecule has 2 aromatic heterocycles. The van der Waals surface area contributed by atoms with E-state index in [0.717, 1.165) is 18.5 Å². The molecule has 1 atom stereocenters. The zero-order valence-electron chi connectivity index (χ0n) is 16.0. The lowest BCUT2D eigenvalue weighted by Crippen LogP contribution is -2.26. The molecular weight excluding hydrogens is 372 g/mol.